The van der Waals surface area contributed by atoms with Crippen LogP contribution >= 0.6 is 0 Å². The van der Waals surface area contributed by atoms with Gasteiger partial charge in [0.1, 0.15) is 0 Å². The number of nitrogens with zero attached hydrogens (tertiary/aromatic N) is 1. The SMILES string of the molecule is Cc1cc(C)n(-c2cccc(C(F)(F)F)c2)c1. The second-order valence-corrected chi connectivity index (χ2v) is 4.08. The van der Waals surface area contributed by atoms with E-state index >= 15 is 0 Å². The Balaban J connectivity index is 2.50. The van der Waals surface area contributed by atoms with Gasteiger partial charge in [-0.2, -0.15) is 13.2 Å². The normalized spacial score (nSPS) is 11.8. The maximum absolute atomic E-state index is 12.6. The zero-order valence-electron chi connectivity index (χ0n) is 9.55. The molecule has 4 heteroatoms. The van der Waals surface area contributed by atoms with Crippen molar-refractivity contribution in [1.82, 2.24) is 4.57 Å². The van der Waals surface area contributed by atoms with Crippen LogP contribution in [-0.2, 0) is 6.18 Å². The monoisotopic (exact) mass is 239 g/mol. The summed E-state index contributed by atoms with van der Waals surface area (Å²) >= 11 is 0. The molecule has 1 aromatic heterocycles. The molecule has 0 fully saturated rings. The number of rotatable bonds is 1. The van der Waals surface area contributed by atoms with Crippen molar-refractivity contribution in [2.45, 2.75) is 20.0 Å². The van der Waals surface area contributed by atoms with Crippen LogP contribution in [0.2, 0.25) is 0 Å². The quantitative estimate of drug-likeness (QED) is 0.705. The molecule has 0 unspecified atom stereocenters. The number of hydrogen-bond donors (Lipinski definition) is 0. The lowest BCUT2D eigenvalue weighted by Crippen LogP contribution is -2.06. The van der Waals surface area contributed by atoms with Gasteiger partial charge in [-0.1, -0.05) is 6.07 Å². The Morgan fingerprint density at radius 2 is 1.76 bits per heavy atom. The molecule has 0 radical (unpaired) electrons. The first kappa shape index (κ1) is 11.8. The van der Waals surface area contributed by atoms with Crippen LogP contribution in [0.1, 0.15) is 16.8 Å². The van der Waals surface area contributed by atoms with E-state index in [1.807, 2.05) is 26.1 Å². The van der Waals surface area contributed by atoms with E-state index in [4.69, 9.17) is 0 Å². The molecule has 0 aliphatic rings. The predicted molar refractivity (Wildman–Crippen MR) is 60.2 cm³/mol. The summed E-state index contributed by atoms with van der Waals surface area (Å²) in [6, 6.07) is 7.26. The molecule has 0 aliphatic carbocycles. The van der Waals surface area contributed by atoms with Gasteiger partial charge in [-0.15, -0.1) is 0 Å². The lowest BCUT2D eigenvalue weighted by molar-refractivity contribution is -0.137. The first-order valence-electron chi connectivity index (χ1n) is 5.21. The molecule has 0 spiro atoms. The van der Waals surface area contributed by atoms with Crippen LogP contribution < -0.4 is 0 Å². The molecule has 0 amide bonds. The van der Waals surface area contributed by atoms with E-state index in [1.54, 1.807) is 10.6 Å². The van der Waals surface area contributed by atoms with Crippen LogP contribution in [0.4, 0.5) is 13.2 Å². The number of benzene rings is 1. The van der Waals surface area contributed by atoms with Gasteiger partial charge in [0.15, 0.2) is 0 Å². The minimum absolute atomic E-state index is 0.533. The summed E-state index contributed by atoms with van der Waals surface area (Å²) in [4.78, 5) is 0. The molecule has 1 nitrogen and oxygen atoms in total. The largest absolute Gasteiger partial charge is 0.416 e. The summed E-state index contributed by atoms with van der Waals surface area (Å²) in [6.07, 6.45) is -2.48. The minimum Gasteiger partial charge on any atom is -0.321 e. The fourth-order valence-corrected chi connectivity index (χ4v) is 1.85. The Kier molecular flexibility index (Phi) is 2.73. The Morgan fingerprint density at radius 1 is 1.06 bits per heavy atom. The standard InChI is InChI=1S/C13H12F3N/c1-9-6-10(2)17(8-9)12-5-3-4-11(7-12)13(14,15)16/h3-8H,1-2H3. The Morgan fingerprint density at radius 3 is 2.29 bits per heavy atom. The van der Waals surface area contributed by atoms with E-state index in [1.165, 1.54) is 6.07 Å². The molecule has 1 heterocycles. The molecule has 0 saturated carbocycles. The van der Waals surface area contributed by atoms with E-state index < -0.39 is 11.7 Å². The maximum atomic E-state index is 12.6. The second-order valence-electron chi connectivity index (χ2n) is 4.08. The number of aryl methyl sites for hydroxylation is 2. The summed E-state index contributed by atoms with van der Waals surface area (Å²) in [5, 5.41) is 0. The molecule has 1 aromatic carbocycles. The molecule has 2 rings (SSSR count). The zero-order chi connectivity index (χ0) is 12.6. The van der Waals surface area contributed by atoms with E-state index in [2.05, 4.69) is 0 Å². The Bertz CT molecular complexity index is 538. The summed E-state index contributed by atoms with van der Waals surface area (Å²) in [6.45, 7) is 3.78. The van der Waals surface area contributed by atoms with Gasteiger partial charge in [0.25, 0.3) is 0 Å². The van der Waals surface area contributed by atoms with Crippen molar-refractivity contribution in [3.63, 3.8) is 0 Å². The lowest BCUT2D eigenvalue weighted by atomic mass is 10.2. The van der Waals surface area contributed by atoms with Crippen molar-refractivity contribution < 1.29 is 13.2 Å². The number of halogens is 3. The smallest absolute Gasteiger partial charge is 0.321 e. The summed E-state index contributed by atoms with van der Waals surface area (Å²) in [7, 11) is 0. The van der Waals surface area contributed by atoms with Crippen LogP contribution in [-0.4, -0.2) is 4.57 Å². The van der Waals surface area contributed by atoms with Crippen LogP contribution in [0.5, 0.6) is 0 Å². The molecule has 17 heavy (non-hydrogen) atoms. The van der Waals surface area contributed by atoms with Gasteiger partial charge < -0.3 is 4.57 Å². The van der Waals surface area contributed by atoms with Gasteiger partial charge in [-0.25, -0.2) is 0 Å². The lowest BCUT2D eigenvalue weighted by Gasteiger charge is -2.10. The van der Waals surface area contributed by atoms with Gasteiger partial charge in [0.05, 0.1) is 5.56 Å². The van der Waals surface area contributed by atoms with Crippen molar-refractivity contribution in [3.05, 3.63) is 53.3 Å². The number of alkyl halides is 3. The molecular formula is C13H12F3N. The minimum atomic E-state index is -4.30. The van der Waals surface area contributed by atoms with Crippen LogP contribution in [0.25, 0.3) is 5.69 Å². The highest BCUT2D eigenvalue weighted by atomic mass is 19.4. The van der Waals surface area contributed by atoms with Crippen molar-refractivity contribution in [2.24, 2.45) is 0 Å². The average Bonchev–Trinajstić information content (AvgIpc) is 2.57. The van der Waals surface area contributed by atoms with Crippen LogP contribution in [0.15, 0.2) is 36.5 Å². The molecule has 0 N–H and O–H groups in total. The predicted octanol–water partition coefficient (Wildman–Crippen LogP) is 4.11. The Hall–Kier alpha value is -1.71. The first-order chi connectivity index (χ1) is 7.88. The summed E-state index contributed by atoms with van der Waals surface area (Å²) in [5.41, 5.74) is 1.85. The molecule has 0 saturated heterocycles. The van der Waals surface area contributed by atoms with Crippen molar-refractivity contribution in [2.75, 3.05) is 0 Å². The fraction of sp³-hybridized carbons (Fsp3) is 0.231. The topological polar surface area (TPSA) is 4.93 Å². The highest BCUT2D eigenvalue weighted by molar-refractivity contribution is 5.40. The molecule has 0 atom stereocenters. The van der Waals surface area contributed by atoms with Gasteiger partial charge in [0.2, 0.25) is 0 Å². The summed E-state index contributed by atoms with van der Waals surface area (Å²) in [5.74, 6) is 0. The van der Waals surface area contributed by atoms with Gasteiger partial charge in [0, 0.05) is 17.6 Å². The fourth-order valence-electron chi connectivity index (χ4n) is 1.85. The molecule has 0 aliphatic heterocycles. The van der Waals surface area contributed by atoms with Crippen molar-refractivity contribution in [3.8, 4) is 5.69 Å². The zero-order valence-corrected chi connectivity index (χ0v) is 9.55. The number of hydrogen-bond acceptors (Lipinski definition) is 0. The van der Waals surface area contributed by atoms with Gasteiger partial charge >= 0.3 is 6.18 Å². The van der Waals surface area contributed by atoms with Crippen LogP contribution in [0.3, 0.4) is 0 Å². The third kappa shape index (κ3) is 2.35. The highest BCUT2D eigenvalue weighted by Crippen LogP contribution is 2.30. The van der Waals surface area contributed by atoms with Crippen molar-refractivity contribution in [1.29, 1.82) is 0 Å². The van der Waals surface area contributed by atoms with Gasteiger partial charge in [-0.3, -0.25) is 0 Å². The average molecular weight is 239 g/mol. The highest BCUT2D eigenvalue weighted by Gasteiger charge is 2.30. The third-order valence-electron chi connectivity index (χ3n) is 2.60. The van der Waals surface area contributed by atoms with E-state index in [-0.39, 0.29) is 0 Å². The summed E-state index contributed by atoms with van der Waals surface area (Å²) < 4.78 is 39.5. The molecule has 0 bridgehead atoms. The van der Waals surface area contributed by atoms with E-state index in [0.717, 1.165) is 23.4 Å². The molecule has 90 valence electrons. The van der Waals surface area contributed by atoms with E-state index in [9.17, 15) is 13.2 Å². The Labute approximate surface area is 97.5 Å². The van der Waals surface area contributed by atoms with Gasteiger partial charge in [-0.05, 0) is 43.7 Å². The first-order valence-corrected chi connectivity index (χ1v) is 5.21. The molecule has 2 aromatic rings. The molecular weight excluding hydrogens is 227 g/mol. The maximum Gasteiger partial charge on any atom is 0.416 e. The third-order valence-corrected chi connectivity index (χ3v) is 2.60. The number of aromatic nitrogens is 1. The van der Waals surface area contributed by atoms with Crippen molar-refractivity contribution >= 4 is 0 Å². The van der Waals surface area contributed by atoms with E-state index in [0.29, 0.717) is 5.69 Å². The second kappa shape index (κ2) is 3.95. The van der Waals surface area contributed by atoms with Crippen LogP contribution in [0, 0.1) is 13.8 Å².